The minimum Gasteiger partial charge on any atom is -0.306 e. The van der Waals surface area contributed by atoms with Crippen LogP contribution in [0.3, 0.4) is 0 Å². The zero-order valence-electron chi connectivity index (χ0n) is 17.2. The number of hydrogen-bond donors (Lipinski definition) is 1. The zero-order valence-corrected chi connectivity index (χ0v) is 17.9. The molecule has 0 radical (unpaired) electrons. The van der Waals surface area contributed by atoms with E-state index in [1.54, 1.807) is 24.3 Å². The van der Waals surface area contributed by atoms with Crippen molar-refractivity contribution in [2.45, 2.75) is 32.0 Å². The van der Waals surface area contributed by atoms with E-state index < -0.39 is 34.2 Å². The number of hydrogen-bond acceptors (Lipinski definition) is 4. The lowest BCUT2D eigenvalue weighted by Gasteiger charge is -2.21. The molecule has 0 aromatic heterocycles. The van der Waals surface area contributed by atoms with E-state index in [0.29, 0.717) is 16.3 Å². The first-order valence-corrected chi connectivity index (χ1v) is 9.99. The number of nitrogens with one attached hydrogen (secondary N) is 1. The van der Waals surface area contributed by atoms with Gasteiger partial charge in [-0.1, -0.05) is 29.8 Å². The van der Waals surface area contributed by atoms with Gasteiger partial charge >= 0.3 is 12.2 Å². The van der Waals surface area contributed by atoms with Crippen molar-refractivity contribution in [3.63, 3.8) is 0 Å². The SMILES string of the molecule is CC(C)(CC1CN(C(=O)Nc2cccc(C(F)(F)F)c2)N=C1c1ccc(Cl)cc1)[N+](=O)[O-]. The Labute approximate surface area is 187 Å². The average Bonchev–Trinajstić information content (AvgIpc) is 3.11. The Bertz CT molecular complexity index is 1060. The van der Waals surface area contributed by atoms with Gasteiger partial charge in [0.05, 0.1) is 17.8 Å². The number of halogens is 4. The molecular weight excluding hydrogens is 449 g/mol. The van der Waals surface area contributed by atoms with Crippen LogP contribution in [0, 0.1) is 16.0 Å². The van der Waals surface area contributed by atoms with Crippen LogP contribution in [0.1, 0.15) is 31.4 Å². The Morgan fingerprint density at radius 3 is 2.50 bits per heavy atom. The maximum absolute atomic E-state index is 12.9. The van der Waals surface area contributed by atoms with Crippen LogP contribution in [0.5, 0.6) is 0 Å². The topological polar surface area (TPSA) is 87.8 Å². The Hall–Kier alpha value is -3.14. The Balaban J connectivity index is 1.85. The molecule has 1 heterocycles. The number of anilines is 1. The number of nitrogens with zero attached hydrogens (tertiary/aromatic N) is 3. The quantitative estimate of drug-likeness (QED) is 0.453. The fourth-order valence-corrected chi connectivity index (χ4v) is 3.52. The zero-order chi connectivity index (χ0) is 23.7. The van der Waals surface area contributed by atoms with E-state index in [4.69, 9.17) is 11.6 Å². The first kappa shape index (κ1) is 23.5. The molecule has 11 heteroatoms. The van der Waals surface area contributed by atoms with Gasteiger partial charge in [-0.05, 0) is 35.9 Å². The molecule has 0 fully saturated rings. The molecule has 0 bridgehead atoms. The maximum atomic E-state index is 12.9. The van der Waals surface area contributed by atoms with Crippen LogP contribution in [0.15, 0.2) is 53.6 Å². The second-order valence-corrected chi connectivity index (χ2v) is 8.49. The first-order valence-electron chi connectivity index (χ1n) is 9.61. The molecule has 1 atom stereocenters. The van der Waals surface area contributed by atoms with E-state index in [1.165, 1.54) is 26.0 Å². The molecule has 1 aliphatic rings. The van der Waals surface area contributed by atoms with Crippen molar-refractivity contribution in [1.29, 1.82) is 0 Å². The van der Waals surface area contributed by atoms with Crippen LogP contribution < -0.4 is 5.32 Å². The molecule has 0 spiro atoms. The summed E-state index contributed by atoms with van der Waals surface area (Å²) in [6, 6.07) is 10.2. The molecule has 3 rings (SSSR count). The van der Waals surface area contributed by atoms with Gasteiger partial charge in [-0.3, -0.25) is 10.1 Å². The molecule has 2 aromatic carbocycles. The second kappa shape index (κ2) is 8.78. The van der Waals surface area contributed by atoms with E-state index in [2.05, 4.69) is 10.4 Å². The van der Waals surface area contributed by atoms with Gasteiger partial charge in [0.25, 0.3) is 0 Å². The van der Waals surface area contributed by atoms with Crippen LogP contribution in [0.2, 0.25) is 5.02 Å². The number of urea groups is 1. The summed E-state index contributed by atoms with van der Waals surface area (Å²) >= 11 is 5.93. The number of alkyl halides is 3. The molecule has 1 unspecified atom stereocenters. The largest absolute Gasteiger partial charge is 0.416 e. The van der Waals surface area contributed by atoms with E-state index in [0.717, 1.165) is 17.1 Å². The lowest BCUT2D eigenvalue weighted by Crippen LogP contribution is -2.37. The van der Waals surface area contributed by atoms with E-state index in [-0.39, 0.29) is 18.7 Å². The summed E-state index contributed by atoms with van der Waals surface area (Å²) in [5.41, 5.74) is -1.09. The normalized spacial score (nSPS) is 16.6. The summed E-state index contributed by atoms with van der Waals surface area (Å²) in [5.74, 6) is -0.455. The van der Waals surface area contributed by atoms with Crippen molar-refractivity contribution in [3.8, 4) is 0 Å². The highest BCUT2D eigenvalue weighted by Gasteiger charge is 2.40. The number of nitro groups is 1. The number of carbonyl (C=O) groups excluding carboxylic acids is 1. The lowest BCUT2D eigenvalue weighted by molar-refractivity contribution is -0.562. The molecule has 2 amide bonds. The molecule has 2 aromatic rings. The summed E-state index contributed by atoms with van der Waals surface area (Å²) in [6.45, 7) is 3.01. The standard InChI is InChI=1S/C21H20ClF3N4O3/c1-20(2,29(31)32)11-14-12-28(27-18(14)13-6-8-16(22)9-7-13)19(30)26-17-5-3-4-15(10-17)21(23,24)25/h3-10,14H,11-12H2,1-2H3,(H,26,30). The Morgan fingerprint density at radius 1 is 1.25 bits per heavy atom. The molecule has 32 heavy (non-hydrogen) atoms. The van der Waals surface area contributed by atoms with Crippen LogP contribution in [-0.4, -0.2) is 33.8 Å². The predicted molar refractivity (Wildman–Crippen MR) is 114 cm³/mol. The predicted octanol–water partition coefficient (Wildman–Crippen LogP) is 5.67. The molecule has 1 aliphatic heterocycles. The van der Waals surface area contributed by atoms with Gasteiger partial charge in [-0.15, -0.1) is 0 Å². The molecule has 0 saturated carbocycles. The highest BCUT2D eigenvalue weighted by Crippen LogP contribution is 2.32. The first-order chi connectivity index (χ1) is 14.9. The van der Waals surface area contributed by atoms with Crippen molar-refractivity contribution in [1.82, 2.24) is 5.01 Å². The highest BCUT2D eigenvalue weighted by atomic mass is 35.5. The second-order valence-electron chi connectivity index (χ2n) is 8.05. The van der Waals surface area contributed by atoms with Crippen molar-refractivity contribution >= 4 is 29.0 Å². The molecule has 0 aliphatic carbocycles. The minimum absolute atomic E-state index is 0.0397. The van der Waals surface area contributed by atoms with Gasteiger partial charge in [0.2, 0.25) is 5.54 Å². The third kappa shape index (κ3) is 5.37. The lowest BCUT2D eigenvalue weighted by atomic mass is 9.86. The Kier molecular flexibility index (Phi) is 6.45. The van der Waals surface area contributed by atoms with Crippen LogP contribution in [0.25, 0.3) is 0 Å². The summed E-state index contributed by atoms with van der Waals surface area (Å²) < 4.78 is 38.8. The van der Waals surface area contributed by atoms with Gasteiger partial charge in [0.15, 0.2) is 0 Å². The monoisotopic (exact) mass is 468 g/mol. The summed E-state index contributed by atoms with van der Waals surface area (Å²) in [7, 11) is 0. The fourth-order valence-electron chi connectivity index (χ4n) is 3.39. The smallest absolute Gasteiger partial charge is 0.306 e. The molecular formula is C21H20ClF3N4O3. The molecule has 7 nitrogen and oxygen atoms in total. The van der Waals surface area contributed by atoms with Gasteiger partial charge in [0.1, 0.15) is 0 Å². The van der Waals surface area contributed by atoms with Crippen LogP contribution >= 0.6 is 11.6 Å². The summed E-state index contributed by atoms with van der Waals surface area (Å²) in [6.07, 6.45) is -4.44. The summed E-state index contributed by atoms with van der Waals surface area (Å²) in [5, 5.41) is 19.7. The van der Waals surface area contributed by atoms with E-state index in [1.807, 2.05) is 0 Å². The van der Waals surface area contributed by atoms with Gasteiger partial charge < -0.3 is 5.32 Å². The Morgan fingerprint density at radius 2 is 1.91 bits per heavy atom. The van der Waals surface area contributed by atoms with Crippen LogP contribution in [0.4, 0.5) is 23.7 Å². The van der Waals surface area contributed by atoms with Gasteiger partial charge in [-0.2, -0.15) is 18.3 Å². The van der Waals surface area contributed by atoms with E-state index >= 15 is 0 Å². The maximum Gasteiger partial charge on any atom is 0.416 e. The third-order valence-electron chi connectivity index (χ3n) is 5.06. The molecule has 1 N–H and O–H groups in total. The highest BCUT2D eigenvalue weighted by molar-refractivity contribution is 6.30. The van der Waals surface area contributed by atoms with Crippen molar-refractivity contribution < 1.29 is 22.9 Å². The third-order valence-corrected chi connectivity index (χ3v) is 5.32. The van der Waals surface area contributed by atoms with E-state index in [9.17, 15) is 28.1 Å². The van der Waals surface area contributed by atoms with Gasteiger partial charge in [-0.25, -0.2) is 9.80 Å². The molecule has 170 valence electrons. The number of hydrazone groups is 1. The number of carbonyl (C=O) groups is 1. The number of amides is 2. The van der Waals surface area contributed by atoms with Crippen LogP contribution in [-0.2, 0) is 6.18 Å². The fraction of sp³-hybridized carbons (Fsp3) is 0.333. The molecule has 0 saturated heterocycles. The van der Waals surface area contributed by atoms with Crippen molar-refractivity contribution in [2.24, 2.45) is 11.0 Å². The number of rotatable bonds is 5. The van der Waals surface area contributed by atoms with Crippen molar-refractivity contribution in [2.75, 3.05) is 11.9 Å². The van der Waals surface area contributed by atoms with Gasteiger partial charge in [0, 0.05) is 41.8 Å². The average molecular weight is 469 g/mol. The number of benzene rings is 2. The summed E-state index contributed by atoms with van der Waals surface area (Å²) in [4.78, 5) is 23.8. The van der Waals surface area contributed by atoms with Crippen molar-refractivity contribution in [3.05, 3.63) is 74.8 Å². The minimum atomic E-state index is -4.55.